The van der Waals surface area contributed by atoms with Crippen molar-refractivity contribution in [3.63, 3.8) is 0 Å². The van der Waals surface area contributed by atoms with E-state index in [2.05, 4.69) is 15.6 Å². The van der Waals surface area contributed by atoms with Crippen molar-refractivity contribution in [2.45, 2.75) is 25.7 Å². The zero-order chi connectivity index (χ0) is 5.98. The van der Waals surface area contributed by atoms with Gasteiger partial charge in [0, 0.05) is 0 Å². The van der Waals surface area contributed by atoms with Gasteiger partial charge in [-0.3, -0.25) is 0 Å². The Labute approximate surface area is 56.8 Å². The predicted octanol–water partition coefficient (Wildman–Crippen LogP) is 0.470. The van der Waals surface area contributed by atoms with Crippen LogP contribution in [0.3, 0.4) is 0 Å². The fourth-order valence-electron chi connectivity index (χ4n) is 0.850. The summed E-state index contributed by atoms with van der Waals surface area (Å²) in [5.74, 6) is 0.330. The van der Waals surface area contributed by atoms with Crippen LogP contribution in [0.2, 0.25) is 0 Å². The Hall–Kier alpha value is 0.0595. The molecule has 44 valence electrons. The van der Waals surface area contributed by atoms with Gasteiger partial charge < -0.3 is 0 Å². The topological polar surface area (TPSA) is 17.1 Å². The summed E-state index contributed by atoms with van der Waals surface area (Å²) in [6.45, 7) is 0. The molecule has 0 aromatic carbocycles. The molecule has 2 heteroatoms. The van der Waals surface area contributed by atoms with Crippen LogP contribution in [0.15, 0.2) is 0 Å². The summed E-state index contributed by atoms with van der Waals surface area (Å²) in [4.78, 5) is 10.7. The Morgan fingerprint density at radius 1 is 1.25 bits per heavy atom. The van der Waals surface area contributed by atoms with Gasteiger partial charge in [-0.05, 0) is 0 Å². The van der Waals surface area contributed by atoms with Gasteiger partial charge in [-0.15, -0.1) is 0 Å². The first-order chi connectivity index (χ1) is 3.80. The Kier molecular flexibility index (Phi) is 1.98. The molecule has 0 radical (unpaired) electrons. The van der Waals surface area contributed by atoms with Crippen molar-refractivity contribution in [2.75, 3.05) is 0 Å². The number of Topliss-reactive ketones (excluding diaryl/α,β-unsaturated/α-hetero) is 1. The van der Waals surface area contributed by atoms with Crippen molar-refractivity contribution in [3.05, 3.63) is 0 Å². The van der Waals surface area contributed by atoms with Gasteiger partial charge >= 0.3 is 56.3 Å². The van der Waals surface area contributed by atoms with Crippen molar-refractivity contribution in [1.82, 2.24) is 0 Å². The average Bonchev–Trinajstić information content (AvgIpc) is 1.77. The normalized spacial score (nSPS) is 21.5. The maximum atomic E-state index is 10.7. The van der Waals surface area contributed by atoms with Gasteiger partial charge in [0.05, 0.1) is 0 Å². The molecule has 0 saturated heterocycles. The molecule has 0 heterocycles. The SMILES string of the molecule is O=C1CCCCC1=[Se]. The van der Waals surface area contributed by atoms with E-state index >= 15 is 0 Å². The van der Waals surface area contributed by atoms with E-state index in [-0.39, 0.29) is 0 Å². The van der Waals surface area contributed by atoms with E-state index < -0.39 is 0 Å². The number of carbonyl (C=O) groups excluding carboxylic acids is 1. The van der Waals surface area contributed by atoms with Gasteiger partial charge in [0.2, 0.25) is 0 Å². The molecule has 0 bridgehead atoms. The van der Waals surface area contributed by atoms with Crippen molar-refractivity contribution in [1.29, 1.82) is 0 Å². The van der Waals surface area contributed by atoms with Crippen LogP contribution >= 0.6 is 0 Å². The fourth-order valence-corrected chi connectivity index (χ4v) is 1.37. The molecule has 1 fully saturated rings. The van der Waals surface area contributed by atoms with Crippen molar-refractivity contribution >= 4 is 25.8 Å². The molecule has 1 nitrogen and oxygen atoms in total. The monoisotopic (exact) mass is 176 g/mol. The summed E-state index contributed by atoms with van der Waals surface area (Å²) < 4.78 is 0.955. The van der Waals surface area contributed by atoms with Crippen molar-refractivity contribution in [3.8, 4) is 0 Å². The second-order valence-corrected chi connectivity index (χ2v) is 3.09. The second kappa shape index (κ2) is 2.56. The summed E-state index contributed by atoms with van der Waals surface area (Å²) >= 11 is 2.80. The van der Waals surface area contributed by atoms with E-state index in [4.69, 9.17) is 0 Å². The minimum atomic E-state index is 0.330. The van der Waals surface area contributed by atoms with E-state index in [1.165, 1.54) is 6.42 Å². The van der Waals surface area contributed by atoms with E-state index in [9.17, 15) is 4.79 Å². The molecule has 0 atom stereocenters. The number of hydrogen-bond donors (Lipinski definition) is 0. The molecule has 0 aromatic heterocycles. The van der Waals surface area contributed by atoms with Crippen LogP contribution in [0.25, 0.3) is 0 Å². The van der Waals surface area contributed by atoms with Gasteiger partial charge in [-0.25, -0.2) is 0 Å². The van der Waals surface area contributed by atoms with Crippen LogP contribution in [0.5, 0.6) is 0 Å². The van der Waals surface area contributed by atoms with Gasteiger partial charge in [0.15, 0.2) is 0 Å². The number of ketones is 1. The first-order valence-corrected chi connectivity index (χ1v) is 3.72. The second-order valence-electron chi connectivity index (χ2n) is 2.05. The van der Waals surface area contributed by atoms with E-state index in [0.29, 0.717) is 5.78 Å². The molecule has 8 heavy (non-hydrogen) atoms. The zero-order valence-corrected chi connectivity index (χ0v) is 6.36. The van der Waals surface area contributed by atoms with E-state index in [1.54, 1.807) is 0 Å². The minimum absolute atomic E-state index is 0.330. The summed E-state index contributed by atoms with van der Waals surface area (Å²) in [5.41, 5.74) is 0. The molecule has 0 unspecified atom stereocenters. The third-order valence-corrected chi connectivity index (χ3v) is 2.27. The molecule has 0 amide bonds. The zero-order valence-electron chi connectivity index (χ0n) is 4.64. The summed E-state index contributed by atoms with van der Waals surface area (Å²) in [6, 6.07) is 0. The molecule has 1 aliphatic rings. The third-order valence-electron chi connectivity index (χ3n) is 1.37. The van der Waals surface area contributed by atoms with Crippen LogP contribution in [-0.4, -0.2) is 25.8 Å². The predicted molar refractivity (Wildman–Crippen MR) is 34.2 cm³/mol. The quantitative estimate of drug-likeness (QED) is 0.489. The fraction of sp³-hybridized carbons (Fsp3) is 0.667. The van der Waals surface area contributed by atoms with Gasteiger partial charge in [-0.1, -0.05) is 0 Å². The van der Waals surface area contributed by atoms with Crippen LogP contribution in [0.4, 0.5) is 0 Å². The summed E-state index contributed by atoms with van der Waals surface area (Å²) in [6.07, 6.45) is 4.03. The number of rotatable bonds is 0. The Morgan fingerprint density at radius 2 is 1.88 bits per heavy atom. The van der Waals surface area contributed by atoms with Crippen LogP contribution in [0, 0.1) is 0 Å². The van der Waals surface area contributed by atoms with Gasteiger partial charge in [0.25, 0.3) is 0 Å². The molecule has 0 N–H and O–H groups in total. The maximum absolute atomic E-state index is 10.7. The van der Waals surface area contributed by atoms with Crippen LogP contribution in [0.1, 0.15) is 25.7 Å². The third kappa shape index (κ3) is 1.27. The van der Waals surface area contributed by atoms with E-state index in [1.807, 2.05) is 0 Å². The Bertz CT molecular complexity index is 112. The number of hydrogen-bond acceptors (Lipinski definition) is 1. The summed E-state index contributed by atoms with van der Waals surface area (Å²) in [5, 5.41) is 0. The average molecular weight is 175 g/mol. The standard InChI is InChI=1S/C6H8OSe/c7-5-3-1-2-4-6(5)8/h1-4H2. The molecule has 0 aliphatic heterocycles. The molecular formula is C6H8OSe. The molecular weight excluding hydrogens is 167 g/mol. The van der Waals surface area contributed by atoms with E-state index in [0.717, 1.165) is 23.7 Å². The van der Waals surface area contributed by atoms with Crippen LogP contribution in [-0.2, 0) is 4.79 Å². The van der Waals surface area contributed by atoms with Crippen molar-refractivity contribution in [2.24, 2.45) is 0 Å². The first-order valence-electron chi connectivity index (χ1n) is 2.87. The molecule has 1 saturated carbocycles. The molecule has 0 spiro atoms. The van der Waals surface area contributed by atoms with Gasteiger partial charge in [-0.2, -0.15) is 0 Å². The first kappa shape index (κ1) is 6.18. The Morgan fingerprint density at radius 3 is 2.25 bits per heavy atom. The van der Waals surface area contributed by atoms with Gasteiger partial charge in [0.1, 0.15) is 0 Å². The molecule has 1 aliphatic carbocycles. The van der Waals surface area contributed by atoms with Crippen LogP contribution < -0.4 is 0 Å². The summed E-state index contributed by atoms with van der Waals surface area (Å²) in [7, 11) is 0. The molecule has 0 aromatic rings. The van der Waals surface area contributed by atoms with Crippen molar-refractivity contribution < 1.29 is 4.79 Å². The Balaban J connectivity index is 2.52. The number of carbonyl (C=O) groups is 1. The molecule has 1 rings (SSSR count).